The van der Waals surface area contributed by atoms with E-state index in [-0.39, 0.29) is 6.04 Å². The zero-order chi connectivity index (χ0) is 10.5. The predicted octanol–water partition coefficient (Wildman–Crippen LogP) is 1.20. The first-order valence-corrected chi connectivity index (χ1v) is 7.28. The van der Waals surface area contributed by atoms with E-state index in [0.29, 0.717) is 10.4 Å². The summed E-state index contributed by atoms with van der Waals surface area (Å²) in [6, 6.07) is 0.104. The van der Waals surface area contributed by atoms with Gasteiger partial charge in [-0.25, -0.2) is 0 Å². The van der Waals surface area contributed by atoms with E-state index < -0.39 is 20.8 Å². The maximum Gasteiger partial charge on any atom is 0.388 e. The number of nitrogens with one attached hydrogen (secondary N) is 1. The van der Waals surface area contributed by atoms with Crippen LogP contribution in [-0.4, -0.2) is 24.8 Å². The van der Waals surface area contributed by atoms with Gasteiger partial charge in [0.15, 0.2) is 8.24 Å². The summed E-state index contributed by atoms with van der Waals surface area (Å²) in [5.41, 5.74) is 3.22. The van der Waals surface area contributed by atoms with Gasteiger partial charge in [0, 0.05) is 6.42 Å². The average molecular weight is 225 g/mol. The third kappa shape index (κ3) is 4.44. The van der Waals surface area contributed by atoms with Crippen LogP contribution in [0, 0.1) is 0 Å². The lowest BCUT2D eigenvalue weighted by molar-refractivity contribution is -0.130. The van der Waals surface area contributed by atoms with Gasteiger partial charge in [0.1, 0.15) is 0 Å². The third-order valence-electron chi connectivity index (χ3n) is 2.02. The van der Waals surface area contributed by atoms with E-state index in [2.05, 4.69) is 17.8 Å². The van der Waals surface area contributed by atoms with Crippen LogP contribution in [-0.2, 0) is 0 Å². The lowest BCUT2D eigenvalue weighted by Crippen LogP contribution is -2.46. The summed E-state index contributed by atoms with van der Waals surface area (Å²) in [5, 5.41) is 0. The molecule has 0 aromatic rings. The number of hydrogen-bond acceptors (Lipinski definition) is 1. The first kappa shape index (κ1) is 12.7. The molecular weight excluding hydrogens is 211 g/mol. The van der Waals surface area contributed by atoms with Gasteiger partial charge in [-0.15, -0.1) is 13.2 Å². The molecule has 0 unspecified atom stereocenters. The Morgan fingerprint density at radius 1 is 1.31 bits per heavy atom. The van der Waals surface area contributed by atoms with Crippen molar-refractivity contribution >= 4 is 18.6 Å². The fourth-order valence-corrected chi connectivity index (χ4v) is 4.87. The van der Waals surface area contributed by atoms with Crippen molar-refractivity contribution in [3.05, 3.63) is 24.6 Å². The predicted molar refractivity (Wildman–Crippen MR) is 54.7 cm³/mol. The van der Waals surface area contributed by atoms with Gasteiger partial charge in [0.2, 0.25) is 0 Å². The second kappa shape index (κ2) is 4.78. The Balaban J connectivity index is 4.27. The van der Waals surface area contributed by atoms with E-state index in [1.54, 1.807) is 11.4 Å². The molecule has 0 fully saturated rings. The molecule has 0 spiro atoms. The number of rotatable bonds is 5. The second-order valence-corrected chi connectivity index (χ2v) is 8.21. The quantitative estimate of drug-likeness (QED) is 0.693. The van der Waals surface area contributed by atoms with Crippen LogP contribution in [0.3, 0.4) is 0 Å². The van der Waals surface area contributed by atoms with Crippen LogP contribution >= 0.6 is 0 Å². The summed E-state index contributed by atoms with van der Waals surface area (Å²) in [5.74, 6) is 0. The summed E-state index contributed by atoms with van der Waals surface area (Å²) < 4.78 is 38.8. The zero-order valence-electron chi connectivity index (χ0n) is 7.62. The highest BCUT2D eigenvalue weighted by Crippen LogP contribution is 2.25. The Labute approximate surface area is 80.3 Å². The summed E-state index contributed by atoms with van der Waals surface area (Å²) in [7, 11) is -1.54. The van der Waals surface area contributed by atoms with Gasteiger partial charge < -0.3 is 4.65 Å². The highest BCUT2D eigenvalue weighted by molar-refractivity contribution is 6.89. The smallest absolute Gasteiger partial charge is 0.360 e. The summed E-state index contributed by atoms with van der Waals surface area (Å²) in [6.07, 6.45) is -4.84. The van der Waals surface area contributed by atoms with Crippen molar-refractivity contribution in [1.29, 1.82) is 0 Å². The molecule has 0 aromatic carbocycles. The molecule has 0 aromatic heterocycles. The van der Waals surface area contributed by atoms with E-state index in [4.69, 9.17) is 0 Å². The van der Waals surface area contributed by atoms with Gasteiger partial charge in [-0.1, -0.05) is 11.4 Å². The fraction of sp³-hybridized carbons (Fsp3) is 0.429. The summed E-state index contributed by atoms with van der Waals surface area (Å²) >= 11 is 0. The Morgan fingerprint density at radius 2 is 1.77 bits per heavy atom. The minimum Gasteiger partial charge on any atom is -0.360 e. The van der Waals surface area contributed by atoms with Crippen LogP contribution in [0.15, 0.2) is 24.6 Å². The molecule has 0 radical (unpaired) electrons. The molecule has 0 amide bonds. The largest absolute Gasteiger partial charge is 0.388 e. The third-order valence-corrected chi connectivity index (χ3v) is 8.27. The molecule has 0 atom stereocenters. The van der Waals surface area contributed by atoms with Crippen LogP contribution in [0.4, 0.5) is 13.2 Å². The van der Waals surface area contributed by atoms with Crippen LogP contribution in [0.5, 0.6) is 0 Å². The number of halogens is 3. The number of alkyl halides is 3. The van der Waals surface area contributed by atoms with E-state index in [0.717, 1.165) is 0 Å². The van der Waals surface area contributed by atoms with Gasteiger partial charge in [-0.05, 0) is 6.04 Å². The Kier molecular flexibility index (Phi) is 4.65. The minimum absolute atomic E-state index is 0.104. The van der Waals surface area contributed by atoms with Crippen LogP contribution < -0.4 is 4.65 Å². The first-order valence-electron chi connectivity index (χ1n) is 3.92. The lowest BCUT2D eigenvalue weighted by Gasteiger charge is -2.23. The molecule has 0 aliphatic rings. The van der Waals surface area contributed by atoms with Gasteiger partial charge in [-0.3, -0.25) is 0 Å². The molecule has 0 aliphatic heterocycles. The van der Waals surface area contributed by atoms with Crippen LogP contribution in [0.1, 0.15) is 6.42 Å². The Bertz CT molecular complexity index is 183. The van der Waals surface area contributed by atoms with Crippen molar-refractivity contribution in [1.82, 2.24) is 4.65 Å². The average Bonchev–Trinajstić information content (AvgIpc) is 2.06. The van der Waals surface area contributed by atoms with Crippen molar-refractivity contribution in [3.8, 4) is 0 Å². The molecule has 0 aliphatic carbocycles. The number of hydrogen-bond donors (Lipinski definition) is 1. The van der Waals surface area contributed by atoms with Gasteiger partial charge in [0.05, 0.1) is 10.4 Å². The van der Waals surface area contributed by atoms with Crippen molar-refractivity contribution in [2.24, 2.45) is 0 Å². The molecule has 0 saturated carbocycles. The maximum atomic E-state index is 11.9. The molecule has 0 heterocycles. The minimum atomic E-state index is -4.08. The Hall–Kier alpha value is -0.336. The first-order chi connectivity index (χ1) is 5.89. The van der Waals surface area contributed by atoms with Gasteiger partial charge in [0.25, 0.3) is 0 Å². The zero-order valence-corrected chi connectivity index (χ0v) is 10.6. The molecule has 76 valence electrons. The summed E-state index contributed by atoms with van der Waals surface area (Å²) in [4.78, 5) is 0. The SMILES string of the molecule is C=C[Si](C=C)(CCC(F)(F)F)N[SiH3]. The fourth-order valence-electron chi connectivity index (χ4n) is 0.965. The van der Waals surface area contributed by atoms with Crippen molar-refractivity contribution in [3.63, 3.8) is 0 Å². The van der Waals surface area contributed by atoms with Crippen LogP contribution in [0.25, 0.3) is 0 Å². The van der Waals surface area contributed by atoms with E-state index in [1.807, 2.05) is 0 Å². The highest BCUT2D eigenvalue weighted by Gasteiger charge is 2.33. The van der Waals surface area contributed by atoms with E-state index in [9.17, 15) is 13.2 Å². The molecule has 6 heteroatoms. The molecule has 0 rings (SSSR count). The molecule has 1 nitrogen and oxygen atoms in total. The topological polar surface area (TPSA) is 12.0 Å². The van der Waals surface area contributed by atoms with Crippen molar-refractivity contribution in [2.75, 3.05) is 0 Å². The lowest BCUT2D eigenvalue weighted by atomic mass is 10.5. The van der Waals surface area contributed by atoms with Gasteiger partial charge in [-0.2, -0.15) is 13.2 Å². The van der Waals surface area contributed by atoms with Crippen LogP contribution in [0.2, 0.25) is 6.04 Å². The standard InChI is InChI=1S/C7H14F3NSi2/c1-3-13(4-2,11-12)6-5-7(8,9)10/h3-4,11H,1-2,5-6H2,12H3. The molecular formula is C7H14F3NSi2. The maximum absolute atomic E-state index is 11.9. The molecule has 13 heavy (non-hydrogen) atoms. The summed E-state index contributed by atoms with van der Waals surface area (Å²) in [6.45, 7) is 7.12. The van der Waals surface area contributed by atoms with Gasteiger partial charge >= 0.3 is 6.18 Å². The normalized spacial score (nSPS) is 12.8. The molecule has 0 bridgehead atoms. The van der Waals surface area contributed by atoms with E-state index >= 15 is 0 Å². The van der Waals surface area contributed by atoms with Crippen molar-refractivity contribution in [2.45, 2.75) is 18.6 Å². The Morgan fingerprint density at radius 3 is 2.00 bits per heavy atom. The monoisotopic (exact) mass is 225 g/mol. The van der Waals surface area contributed by atoms with Crippen molar-refractivity contribution < 1.29 is 13.2 Å². The second-order valence-electron chi connectivity index (χ2n) is 2.81. The molecule has 1 N–H and O–H groups in total. The molecule has 0 saturated heterocycles. The van der Waals surface area contributed by atoms with E-state index in [1.165, 1.54) is 0 Å². The highest BCUT2D eigenvalue weighted by atomic mass is 28.4.